The van der Waals surface area contributed by atoms with Gasteiger partial charge in [0.05, 0.1) is 22.2 Å². The van der Waals surface area contributed by atoms with E-state index in [1.165, 1.54) is 17.4 Å². The molecular weight excluding hydrogens is 376 g/mol. The molecule has 7 nitrogen and oxygen atoms in total. The fourth-order valence-electron chi connectivity index (χ4n) is 2.18. The minimum atomic E-state index is -3.29. The molecule has 3 rings (SSSR count). The monoisotopic (exact) mass is 392 g/mol. The first-order chi connectivity index (χ1) is 12.3. The van der Waals surface area contributed by atoms with Crippen LogP contribution in [0.15, 0.2) is 47.4 Å². The number of nitrogens with one attached hydrogen (secondary N) is 1. The van der Waals surface area contributed by atoms with Crippen molar-refractivity contribution in [3.8, 4) is 11.5 Å². The molecule has 0 radical (unpaired) electrons. The van der Waals surface area contributed by atoms with Crippen LogP contribution in [-0.2, 0) is 14.6 Å². The number of hydrogen-bond acceptors (Lipinski definition) is 7. The van der Waals surface area contributed by atoms with Crippen molar-refractivity contribution in [3.05, 3.63) is 42.5 Å². The van der Waals surface area contributed by atoms with Gasteiger partial charge in [-0.2, -0.15) is 0 Å². The normalized spacial score (nSPS) is 11.3. The topological polar surface area (TPSA) is 94.6 Å². The molecule has 26 heavy (non-hydrogen) atoms. The molecule has 9 heteroatoms. The lowest BCUT2D eigenvalue weighted by Gasteiger charge is -2.07. The third kappa shape index (κ3) is 4.30. The van der Waals surface area contributed by atoms with Gasteiger partial charge in [0.25, 0.3) is 5.91 Å². The number of hydrogen-bond donors (Lipinski definition) is 1. The molecule has 0 saturated carbocycles. The zero-order valence-electron chi connectivity index (χ0n) is 14.1. The number of carbonyl (C=O) groups excluding carboxylic acids is 1. The lowest BCUT2D eigenvalue weighted by molar-refractivity contribution is -0.118. The summed E-state index contributed by atoms with van der Waals surface area (Å²) in [7, 11) is -1.74. The summed E-state index contributed by atoms with van der Waals surface area (Å²) in [6.07, 6.45) is 1.15. The van der Waals surface area contributed by atoms with Crippen LogP contribution in [0.5, 0.6) is 11.5 Å². The van der Waals surface area contributed by atoms with Crippen LogP contribution in [0.2, 0.25) is 0 Å². The predicted molar refractivity (Wildman–Crippen MR) is 99.8 cm³/mol. The summed E-state index contributed by atoms with van der Waals surface area (Å²) in [6, 6.07) is 11.6. The number of nitrogens with zero attached hydrogens (tertiary/aromatic N) is 1. The van der Waals surface area contributed by atoms with E-state index < -0.39 is 9.84 Å². The maximum atomic E-state index is 12.0. The average molecular weight is 392 g/mol. The summed E-state index contributed by atoms with van der Waals surface area (Å²) in [4.78, 5) is 16.5. The van der Waals surface area contributed by atoms with Crippen LogP contribution in [0.3, 0.4) is 0 Å². The van der Waals surface area contributed by atoms with E-state index in [4.69, 9.17) is 9.47 Å². The van der Waals surface area contributed by atoms with E-state index in [0.29, 0.717) is 26.8 Å². The highest BCUT2D eigenvalue weighted by atomic mass is 32.2. The molecule has 1 amide bonds. The molecular formula is C17H16N2O5S2. The zero-order chi connectivity index (χ0) is 18.7. The second kappa shape index (κ2) is 7.30. The lowest BCUT2D eigenvalue weighted by Crippen LogP contribution is -2.19. The lowest BCUT2D eigenvalue weighted by atomic mass is 10.3. The minimum Gasteiger partial charge on any atom is -0.497 e. The molecule has 0 fully saturated rings. The Morgan fingerprint density at radius 1 is 1.19 bits per heavy atom. The maximum absolute atomic E-state index is 12.0. The summed E-state index contributed by atoms with van der Waals surface area (Å²) in [5.41, 5.74) is 0.617. The van der Waals surface area contributed by atoms with Gasteiger partial charge in [0, 0.05) is 12.3 Å². The summed E-state index contributed by atoms with van der Waals surface area (Å²) in [6.45, 7) is -0.183. The first-order valence-electron chi connectivity index (χ1n) is 7.52. The van der Waals surface area contributed by atoms with Crippen LogP contribution >= 0.6 is 11.3 Å². The van der Waals surface area contributed by atoms with Gasteiger partial charge in [0.15, 0.2) is 21.6 Å². The molecule has 136 valence electrons. The predicted octanol–water partition coefficient (Wildman–Crippen LogP) is 2.73. The van der Waals surface area contributed by atoms with Crippen molar-refractivity contribution >= 4 is 42.4 Å². The highest BCUT2D eigenvalue weighted by molar-refractivity contribution is 7.90. The zero-order valence-corrected chi connectivity index (χ0v) is 15.7. The Morgan fingerprint density at radius 2 is 1.96 bits per heavy atom. The molecule has 2 aromatic carbocycles. The third-order valence-corrected chi connectivity index (χ3v) is 5.49. The largest absolute Gasteiger partial charge is 0.497 e. The highest BCUT2D eigenvalue weighted by Gasteiger charge is 2.12. The van der Waals surface area contributed by atoms with Gasteiger partial charge in [-0.1, -0.05) is 17.4 Å². The molecule has 1 heterocycles. The number of aromatic nitrogens is 1. The number of fused-ring (bicyclic) bond motifs is 1. The second-order valence-electron chi connectivity index (χ2n) is 5.44. The van der Waals surface area contributed by atoms with Gasteiger partial charge in [0.1, 0.15) is 11.5 Å². The number of sulfone groups is 1. The van der Waals surface area contributed by atoms with Crippen molar-refractivity contribution < 1.29 is 22.7 Å². The maximum Gasteiger partial charge on any atom is 0.264 e. The molecule has 0 saturated heterocycles. The molecule has 0 atom stereocenters. The fraction of sp³-hybridized carbons (Fsp3) is 0.176. The molecule has 0 aliphatic carbocycles. The van der Waals surface area contributed by atoms with Crippen molar-refractivity contribution in [1.82, 2.24) is 4.98 Å². The van der Waals surface area contributed by atoms with Crippen LogP contribution in [0, 0.1) is 0 Å². The van der Waals surface area contributed by atoms with E-state index in [-0.39, 0.29) is 17.4 Å². The molecule has 1 aromatic heterocycles. The number of rotatable bonds is 6. The Morgan fingerprint density at radius 3 is 2.69 bits per heavy atom. The summed E-state index contributed by atoms with van der Waals surface area (Å²) < 4.78 is 34.4. The first kappa shape index (κ1) is 18.2. The van der Waals surface area contributed by atoms with Crippen LogP contribution in [0.25, 0.3) is 10.2 Å². The Labute approximate surface area is 154 Å². The molecule has 1 N–H and O–H groups in total. The number of methoxy groups -OCH3 is 1. The standard InChI is InChI=1S/C17H16N2O5S2/c1-23-11-4-3-5-12(8-11)24-10-16(20)19-17-18-14-7-6-13(26(2,21)22)9-15(14)25-17/h3-9H,10H2,1-2H3,(H,18,19,20). The number of thiazole rings is 1. The van der Waals surface area contributed by atoms with Gasteiger partial charge >= 0.3 is 0 Å². The van der Waals surface area contributed by atoms with Crippen LogP contribution < -0.4 is 14.8 Å². The van der Waals surface area contributed by atoms with E-state index in [1.54, 1.807) is 43.5 Å². The highest BCUT2D eigenvalue weighted by Crippen LogP contribution is 2.28. The SMILES string of the molecule is COc1cccc(OCC(=O)Nc2nc3ccc(S(C)(=O)=O)cc3s2)c1. The van der Waals surface area contributed by atoms with Gasteiger partial charge in [-0.15, -0.1) is 0 Å². The van der Waals surface area contributed by atoms with Gasteiger partial charge in [-0.25, -0.2) is 13.4 Å². The number of benzene rings is 2. The minimum absolute atomic E-state index is 0.183. The number of amides is 1. The fourth-order valence-corrected chi connectivity index (χ4v) is 3.83. The Kier molecular flexibility index (Phi) is 5.10. The van der Waals surface area contributed by atoms with Crippen molar-refractivity contribution in [2.75, 3.05) is 25.3 Å². The quantitative estimate of drug-likeness (QED) is 0.693. The molecule has 0 aliphatic heterocycles. The Hall–Kier alpha value is -2.65. The smallest absolute Gasteiger partial charge is 0.264 e. The van der Waals surface area contributed by atoms with E-state index in [9.17, 15) is 13.2 Å². The van der Waals surface area contributed by atoms with Gasteiger partial charge < -0.3 is 9.47 Å². The Bertz CT molecular complexity index is 1060. The van der Waals surface area contributed by atoms with E-state index in [2.05, 4.69) is 10.3 Å². The number of anilines is 1. The van der Waals surface area contributed by atoms with Crippen molar-refractivity contribution in [3.63, 3.8) is 0 Å². The van der Waals surface area contributed by atoms with Crippen molar-refractivity contribution in [1.29, 1.82) is 0 Å². The van der Waals surface area contributed by atoms with Crippen molar-refractivity contribution in [2.24, 2.45) is 0 Å². The Balaban J connectivity index is 1.67. The van der Waals surface area contributed by atoms with E-state index >= 15 is 0 Å². The van der Waals surface area contributed by atoms with Gasteiger partial charge in [0.2, 0.25) is 0 Å². The van der Waals surface area contributed by atoms with Crippen LogP contribution in [0.4, 0.5) is 5.13 Å². The third-order valence-electron chi connectivity index (χ3n) is 3.45. The summed E-state index contributed by atoms with van der Waals surface area (Å²) in [5, 5.41) is 3.03. The summed E-state index contributed by atoms with van der Waals surface area (Å²) in [5.74, 6) is 0.785. The molecule has 0 spiro atoms. The van der Waals surface area contributed by atoms with Crippen LogP contribution in [0.1, 0.15) is 0 Å². The first-order valence-corrected chi connectivity index (χ1v) is 10.2. The molecule has 0 aliphatic rings. The van der Waals surface area contributed by atoms with Crippen molar-refractivity contribution in [2.45, 2.75) is 4.90 Å². The van der Waals surface area contributed by atoms with Crippen LogP contribution in [-0.4, -0.2) is 39.3 Å². The number of carbonyl (C=O) groups is 1. The number of ether oxygens (including phenoxy) is 2. The molecule has 3 aromatic rings. The van der Waals surface area contributed by atoms with E-state index in [1.807, 2.05) is 0 Å². The summed E-state index contributed by atoms with van der Waals surface area (Å²) >= 11 is 1.20. The average Bonchev–Trinajstić information content (AvgIpc) is 3.00. The molecule has 0 bridgehead atoms. The molecule has 0 unspecified atom stereocenters. The van der Waals surface area contributed by atoms with E-state index in [0.717, 1.165) is 6.26 Å². The second-order valence-corrected chi connectivity index (χ2v) is 8.48. The van der Waals surface area contributed by atoms with Gasteiger partial charge in [-0.05, 0) is 30.3 Å². The van der Waals surface area contributed by atoms with Gasteiger partial charge in [-0.3, -0.25) is 10.1 Å².